The highest BCUT2D eigenvalue weighted by atomic mass is 16.5. The molecule has 0 aliphatic rings. The van der Waals surface area contributed by atoms with Crippen LogP contribution in [0.25, 0.3) is 0 Å². The number of hydrogen-bond acceptors (Lipinski definition) is 5. The summed E-state index contributed by atoms with van der Waals surface area (Å²) in [6.07, 6.45) is 0.165. The molecule has 4 N–H and O–H groups in total. The second kappa shape index (κ2) is 8.98. The van der Waals surface area contributed by atoms with Crippen molar-refractivity contribution in [3.05, 3.63) is 59.7 Å². The summed E-state index contributed by atoms with van der Waals surface area (Å²) in [6.45, 7) is 0. The van der Waals surface area contributed by atoms with Crippen molar-refractivity contribution in [2.75, 3.05) is 0 Å². The molecule has 0 fully saturated rings. The molecule has 0 amide bonds. The summed E-state index contributed by atoms with van der Waals surface area (Å²) in [4.78, 5) is 44.7. The zero-order chi connectivity index (χ0) is 15.2. The average molecular weight is 318 g/mol. The van der Waals surface area contributed by atoms with Gasteiger partial charge in [-0.25, -0.2) is 0 Å². The standard InChI is InChI=1S/C16H10O5.2H2O/c17-9-13(19)12-7-4-8-15(16(12)14(20)10-18)21-11-5-2-1-3-6-11;;/h1-10H;2*1H2. The van der Waals surface area contributed by atoms with Crippen molar-refractivity contribution in [1.82, 2.24) is 0 Å². The largest absolute Gasteiger partial charge is 0.457 e. The van der Waals surface area contributed by atoms with Crippen LogP contribution in [0, 0.1) is 0 Å². The molecule has 0 bridgehead atoms. The first-order valence-electron chi connectivity index (χ1n) is 6.02. The van der Waals surface area contributed by atoms with Crippen molar-refractivity contribution in [1.29, 1.82) is 0 Å². The van der Waals surface area contributed by atoms with Gasteiger partial charge in [0.25, 0.3) is 0 Å². The molecule has 0 aromatic heterocycles. The summed E-state index contributed by atoms with van der Waals surface area (Å²) in [6, 6.07) is 12.8. The van der Waals surface area contributed by atoms with E-state index in [9.17, 15) is 19.2 Å². The van der Waals surface area contributed by atoms with E-state index in [4.69, 9.17) is 4.74 Å². The maximum atomic E-state index is 11.7. The van der Waals surface area contributed by atoms with E-state index < -0.39 is 11.6 Å². The third-order valence-electron chi connectivity index (χ3n) is 2.72. The van der Waals surface area contributed by atoms with Gasteiger partial charge in [0.15, 0.2) is 12.6 Å². The second-order valence-corrected chi connectivity index (χ2v) is 4.06. The summed E-state index contributed by atoms with van der Waals surface area (Å²) in [5, 5.41) is 0. The monoisotopic (exact) mass is 318 g/mol. The fraction of sp³-hybridized carbons (Fsp3) is 0. The summed E-state index contributed by atoms with van der Waals surface area (Å²) in [5.74, 6) is -1.33. The maximum Gasteiger partial charge on any atom is 0.229 e. The fourth-order valence-electron chi connectivity index (χ4n) is 1.81. The fourth-order valence-corrected chi connectivity index (χ4v) is 1.81. The number of rotatable bonds is 6. The zero-order valence-electron chi connectivity index (χ0n) is 11.8. The molecule has 0 aliphatic carbocycles. The highest BCUT2D eigenvalue weighted by Crippen LogP contribution is 2.28. The lowest BCUT2D eigenvalue weighted by atomic mass is 10.00. The number of hydrogen-bond donors (Lipinski definition) is 0. The first kappa shape index (κ1) is 19.8. The Morgan fingerprint density at radius 1 is 0.783 bits per heavy atom. The van der Waals surface area contributed by atoms with Crippen LogP contribution in [0.1, 0.15) is 20.7 Å². The SMILES string of the molecule is O.O.O=CC(=O)c1cccc(Oc2ccccc2)c1C(=O)C=O. The maximum absolute atomic E-state index is 11.7. The van der Waals surface area contributed by atoms with Gasteiger partial charge in [-0.15, -0.1) is 0 Å². The van der Waals surface area contributed by atoms with Gasteiger partial charge in [-0.2, -0.15) is 0 Å². The summed E-state index contributed by atoms with van der Waals surface area (Å²) < 4.78 is 5.52. The summed E-state index contributed by atoms with van der Waals surface area (Å²) in [5.41, 5.74) is -0.371. The first-order valence-corrected chi connectivity index (χ1v) is 6.02. The van der Waals surface area contributed by atoms with Gasteiger partial charge < -0.3 is 15.7 Å². The minimum atomic E-state index is -0.924. The van der Waals surface area contributed by atoms with Gasteiger partial charge in [0, 0.05) is 5.56 Å². The molecule has 0 unspecified atom stereocenters. The van der Waals surface area contributed by atoms with Crippen LogP contribution in [0.15, 0.2) is 48.5 Å². The Bertz CT molecular complexity index is 708. The summed E-state index contributed by atoms with van der Waals surface area (Å²) in [7, 11) is 0. The van der Waals surface area contributed by atoms with Gasteiger partial charge in [0.2, 0.25) is 11.6 Å². The van der Waals surface area contributed by atoms with E-state index in [1.807, 2.05) is 0 Å². The predicted molar refractivity (Wildman–Crippen MR) is 81.0 cm³/mol. The lowest BCUT2D eigenvalue weighted by molar-refractivity contribution is -0.105. The third-order valence-corrected chi connectivity index (χ3v) is 2.72. The molecule has 120 valence electrons. The molecular formula is C16H14O7. The van der Waals surface area contributed by atoms with E-state index in [1.54, 1.807) is 30.3 Å². The van der Waals surface area contributed by atoms with Crippen molar-refractivity contribution in [2.24, 2.45) is 0 Å². The molecular weight excluding hydrogens is 304 g/mol. The molecule has 0 heterocycles. The Morgan fingerprint density at radius 2 is 1.39 bits per heavy atom. The number of Topliss-reactive ketones (excluding diaryl/α,β-unsaturated/α-hetero) is 2. The van der Waals surface area contributed by atoms with Crippen LogP contribution in [-0.4, -0.2) is 35.1 Å². The van der Waals surface area contributed by atoms with Crippen molar-refractivity contribution in [3.8, 4) is 11.5 Å². The minimum absolute atomic E-state index is 0. The Balaban J connectivity index is 0.00000242. The lowest BCUT2D eigenvalue weighted by Crippen LogP contribution is -2.12. The molecule has 0 spiro atoms. The van der Waals surface area contributed by atoms with E-state index in [2.05, 4.69) is 0 Å². The van der Waals surface area contributed by atoms with E-state index in [1.165, 1.54) is 18.2 Å². The Morgan fingerprint density at radius 3 is 1.96 bits per heavy atom. The van der Waals surface area contributed by atoms with Gasteiger partial charge in [-0.05, 0) is 24.3 Å². The van der Waals surface area contributed by atoms with Crippen LogP contribution in [0.2, 0.25) is 0 Å². The van der Waals surface area contributed by atoms with Crippen LogP contribution < -0.4 is 4.74 Å². The number of benzene rings is 2. The average Bonchev–Trinajstić information content (AvgIpc) is 2.54. The number of ether oxygens (including phenoxy) is 1. The molecule has 23 heavy (non-hydrogen) atoms. The Labute approximate surface area is 131 Å². The van der Waals surface area contributed by atoms with E-state index in [0.717, 1.165) is 0 Å². The van der Waals surface area contributed by atoms with Crippen LogP contribution in [0.4, 0.5) is 0 Å². The van der Waals surface area contributed by atoms with Gasteiger partial charge in [-0.3, -0.25) is 19.2 Å². The predicted octanol–water partition coefficient (Wildman–Crippen LogP) is 0.593. The van der Waals surface area contributed by atoms with Crippen LogP contribution in [0.5, 0.6) is 11.5 Å². The molecule has 0 saturated carbocycles. The number of aldehydes is 2. The molecule has 0 saturated heterocycles. The van der Waals surface area contributed by atoms with E-state index in [0.29, 0.717) is 5.75 Å². The number of carbonyl (C=O) groups excluding carboxylic acids is 4. The van der Waals surface area contributed by atoms with Gasteiger partial charge >= 0.3 is 0 Å². The Kier molecular flexibility index (Phi) is 7.75. The van der Waals surface area contributed by atoms with Crippen molar-refractivity contribution >= 4 is 24.1 Å². The van der Waals surface area contributed by atoms with Gasteiger partial charge in [0.05, 0.1) is 5.56 Å². The molecule has 7 heteroatoms. The molecule has 7 nitrogen and oxygen atoms in total. The van der Waals surface area contributed by atoms with Crippen molar-refractivity contribution < 1.29 is 34.9 Å². The molecule has 2 rings (SSSR count). The van der Waals surface area contributed by atoms with E-state index >= 15 is 0 Å². The first-order chi connectivity index (χ1) is 10.2. The highest BCUT2D eigenvalue weighted by molar-refractivity contribution is 6.41. The van der Waals surface area contributed by atoms with E-state index in [-0.39, 0.29) is 40.4 Å². The van der Waals surface area contributed by atoms with Gasteiger partial charge in [-0.1, -0.05) is 24.3 Å². The molecule has 2 aromatic rings. The zero-order valence-corrected chi connectivity index (χ0v) is 11.8. The molecule has 0 aliphatic heterocycles. The van der Waals surface area contributed by atoms with Crippen LogP contribution >= 0.6 is 0 Å². The lowest BCUT2D eigenvalue weighted by Gasteiger charge is -2.11. The minimum Gasteiger partial charge on any atom is -0.457 e. The van der Waals surface area contributed by atoms with Crippen molar-refractivity contribution in [3.63, 3.8) is 0 Å². The van der Waals surface area contributed by atoms with Crippen LogP contribution in [0.3, 0.4) is 0 Å². The van der Waals surface area contributed by atoms with Crippen molar-refractivity contribution in [2.45, 2.75) is 0 Å². The quantitative estimate of drug-likeness (QED) is 0.435. The number of para-hydroxylation sites is 1. The normalized spacial score (nSPS) is 8.87. The molecule has 0 atom stereocenters. The Hall–Kier alpha value is -3.16. The smallest absolute Gasteiger partial charge is 0.229 e. The third kappa shape index (κ3) is 4.40. The van der Waals surface area contributed by atoms with Gasteiger partial charge in [0.1, 0.15) is 11.5 Å². The number of carbonyl (C=O) groups is 4. The second-order valence-electron chi connectivity index (χ2n) is 4.06. The topological polar surface area (TPSA) is 141 Å². The summed E-state index contributed by atoms with van der Waals surface area (Å²) >= 11 is 0. The van der Waals surface area contributed by atoms with Crippen LogP contribution in [-0.2, 0) is 9.59 Å². The molecule has 0 radical (unpaired) electrons. The number of ketones is 2. The highest BCUT2D eigenvalue weighted by Gasteiger charge is 2.21. The molecule has 2 aromatic carbocycles.